The van der Waals surface area contributed by atoms with Crippen LogP contribution in [0.1, 0.15) is 25.1 Å². The third-order valence-corrected chi connectivity index (χ3v) is 6.36. The second-order valence-electron chi connectivity index (χ2n) is 8.00. The van der Waals surface area contributed by atoms with Gasteiger partial charge in [-0.1, -0.05) is 11.6 Å². The van der Waals surface area contributed by atoms with E-state index in [0.29, 0.717) is 11.7 Å². The van der Waals surface area contributed by atoms with E-state index in [1.165, 1.54) is 0 Å². The van der Waals surface area contributed by atoms with Gasteiger partial charge in [0, 0.05) is 69.3 Å². The van der Waals surface area contributed by atoms with Crippen LogP contribution in [0.25, 0.3) is 11.0 Å². The molecule has 1 fully saturated rings. The lowest BCUT2D eigenvalue weighted by molar-refractivity contribution is -0.129. The first kappa shape index (κ1) is 19.1. The third-order valence-electron chi connectivity index (χ3n) is 6.17. The Morgan fingerprint density at radius 3 is 2.80 bits per heavy atom. The molecule has 0 saturated carbocycles. The van der Waals surface area contributed by atoms with E-state index in [1.807, 2.05) is 23.2 Å². The number of amides is 1. The molecule has 0 spiro atoms. The summed E-state index contributed by atoms with van der Waals surface area (Å²) < 4.78 is 0. The summed E-state index contributed by atoms with van der Waals surface area (Å²) in [6.07, 6.45) is 4.40. The number of halogens is 1. The first-order valence-electron chi connectivity index (χ1n) is 10.2. The highest BCUT2D eigenvalue weighted by Gasteiger charge is 2.31. The number of hydrogen-bond acceptors (Lipinski definition) is 6. The van der Waals surface area contributed by atoms with Crippen molar-refractivity contribution in [3.8, 4) is 0 Å². The highest BCUT2D eigenvalue weighted by molar-refractivity contribution is 6.30. The number of aromatic amines is 1. The number of aromatic nitrogens is 4. The second-order valence-corrected chi connectivity index (χ2v) is 8.39. The van der Waals surface area contributed by atoms with Gasteiger partial charge in [0.05, 0.1) is 11.4 Å². The predicted octanol–water partition coefficient (Wildman–Crippen LogP) is 2.63. The molecule has 0 bridgehead atoms. The average Bonchev–Trinajstić information content (AvgIpc) is 3.20. The molecule has 5 heterocycles. The summed E-state index contributed by atoms with van der Waals surface area (Å²) in [4.78, 5) is 35.0. The van der Waals surface area contributed by atoms with Gasteiger partial charge in [-0.15, -0.1) is 0 Å². The monoisotopic (exact) mass is 425 g/mol. The molecule has 1 N–H and O–H groups in total. The number of nitrogens with zero attached hydrogens (tertiary/aromatic N) is 6. The van der Waals surface area contributed by atoms with E-state index in [-0.39, 0.29) is 11.9 Å². The van der Waals surface area contributed by atoms with Crippen molar-refractivity contribution < 1.29 is 4.79 Å². The molecule has 156 valence electrons. The van der Waals surface area contributed by atoms with Gasteiger partial charge < -0.3 is 19.7 Å². The van der Waals surface area contributed by atoms with Crippen molar-refractivity contribution in [2.75, 3.05) is 36.0 Å². The molecule has 0 aromatic carbocycles. The van der Waals surface area contributed by atoms with Gasteiger partial charge in [-0.2, -0.15) is 0 Å². The van der Waals surface area contributed by atoms with Crippen LogP contribution in [0.15, 0.2) is 24.7 Å². The van der Waals surface area contributed by atoms with E-state index in [2.05, 4.69) is 36.7 Å². The lowest BCUT2D eigenvalue weighted by atomic mass is 9.98. The number of H-pyrrole nitrogens is 1. The molecule has 9 heteroatoms. The number of anilines is 2. The van der Waals surface area contributed by atoms with Crippen LogP contribution in [0.3, 0.4) is 0 Å². The molecule has 3 aromatic heterocycles. The summed E-state index contributed by atoms with van der Waals surface area (Å²) in [5, 5.41) is 1.53. The van der Waals surface area contributed by atoms with Crippen molar-refractivity contribution in [2.45, 2.75) is 32.9 Å². The van der Waals surface area contributed by atoms with Gasteiger partial charge in [-0.3, -0.25) is 4.79 Å². The number of hydrogen-bond donors (Lipinski definition) is 1. The van der Waals surface area contributed by atoms with E-state index in [9.17, 15) is 4.79 Å². The average molecular weight is 426 g/mol. The zero-order valence-corrected chi connectivity index (χ0v) is 17.9. The summed E-state index contributed by atoms with van der Waals surface area (Å²) >= 11 is 6.32. The molecule has 1 amide bonds. The van der Waals surface area contributed by atoms with Crippen molar-refractivity contribution in [3.05, 3.63) is 41.1 Å². The Labute approximate surface area is 179 Å². The van der Waals surface area contributed by atoms with Gasteiger partial charge in [-0.05, 0) is 19.1 Å². The van der Waals surface area contributed by atoms with Gasteiger partial charge in [0.15, 0.2) is 0 Å². The Morgan fingerprint density at radius 1 is 1.23 bits per heavy atom. The Morgan fingerprint density at radius 2 is 2.03 bits per heavy atom. The van der Waals surface area contributed by atoms with Crippen molar-refractivity contribution in [3.63, 3.8) is 0 Å². The maximum Gasteiger partial charge on any atom is 0.219 e. The summed E-state index contributed by atoms with van der Waals surface area (Å²) in [7, 11) is 0. The lowest BCUT2D eigenvalue weighted by Gasteiger charge is -2.40. The first-order chi connectivity index (χ1) is 14.5. The Hall–Kier alpha value is -2.87. The fraction of sp³-hybridized carbons (Fsp3) is 0.429. The minimum Gasteiger partial charge on any atom is -0.363 e. The van der Waals surface area contributed by atoms with E-state index in [1.54, 1.807) is 13.3 Å². The molecule has 0 aliphatic carbocycles. The van der Waals surface area contributed by atoms with Crippen molar-refractivity contribution >= 4 is 40.0 Å². The summed E-state index contributed by atoms with van der Waals surface area (Å²) in [6, 6.07) is 4.25. The number of nitrogens with one attached hydrogen (secondary N) is 1. The Balaban J connectivity index is 1.49. The molecule has 2 aliphatic rings. The number of piperazine rings is 1. The van der Waals surface area contributed by atoms with Crippen LogP contribution in [0, 0.1) is 0 Å². The number of carbonyl (C=O) groups is 1. The minimum absolute atomic E-state index is 0.129. The standard InChI is InChI=1S/C21H24ClN7O/c1-13-9-17-16(11-29(13)18-10-19(22)26-20-15(18)3-4-23-20)21(25-12-24-17)28-7-5-27(6-8-28)14(2)30/h3-4,10,12-13H,5-9,11H2,1-2H3,(H,23,26)/t13-/m1/s1. The molecule has 2 aliphatic heterocycles. The van der Waals surface area contributed by atoms with Crippen LogP contribution in [0.5, 0.6) is 0 Å². The van der Waals surface area contributed by atoms with Crippen LogP contribution >= 0.6 is 11.6 Å². The second kappa shape index (κ2) is 7.43. The van der Waals surface area contributed by atoms with E-state index in [0.717, 1.165) is 66.4 Å². The van der Waals surface area contributed by atoms with Crippen LogP contribution in [-0.4, -0.2) is 63.0 Å². The number of carbonyl (C=O) groups excluding carboxylic acids is 1. The van der Waals surface area contributed by atoms with Gasteiger partial charge >= 0.3 is 0 Å². The van der Waals surface area contributed by atoms with Crippen molar-refractivity contribution in [1.82, 2.24) is 24.8 Å². The molecule has 5 rings (SSSR count). The van der Waals surface area contributed by atoms with Crippen LogP contribution < -0.4 is 9.80 Å². The zero-order chi connectivity index (χ0) is 20.8. The number of pyridine rings is 1. The quantitative estimate of drug-likeness (QED) is 0.636. The number of rotatable bonds is 2. The highest BCUT2D eigenvalue weighted by Crippen LogP contribution is 2.36. The van der Waals surface area contributed by atoms with Gasteiger partial charge in [0.2, 0.25) is 5.91 Å². The Kier molecular flexibility index (Phi) is 4.73. The van der Waals surface area contributed by atoms with E-state index in [4.69, 9.17) is 11.6 Å². The highest BCUT2D eigenvalue weighted by atomic mass is 35.5. The van der Waals surface area contributed by atoms with E-state index >= 15 is 0 Å². The van der Waals surface area contributed by atoms with Crippen molar-refractivity contribution in [2.24, 2.45) is 0 Å². The molecule has 3 aromatic rings. The maximum atomic E-state index is 11.7. The fourth-order valence-electron chi connectivity index (χ4n) is 4.55. The number of fused-ring (bicyclic) bond motifs is 2. The summed E-state index contributed by atoms with van der Waals surface area (Å²) in [6.45, 7) is 7.55. The molecule has 1 atom stereocenters. The topological polar surface area (TPSA) is 81.2 Å². The smallest absolute Gasteiger partial charge is 0.219 e. The molecular weight excluding hydrogens is 402 g/mol. The molecule has 30 heavy (non-hydrogen) atoms. The molecule has 0 unspecified atom stereocenters. The third kappa shape index (κ3) is 3.25. The summed E-state index contributed by atoms with van der Waals surface area (Å²) in [5.41, 5.74) is 4.12. The molecule has 0 radical (unpaired) electrons. The van der Waals surface area contributed by atoms with Crippen LogP contribution in [-0.2, 0) is 17.8 Å². The zero-order valence-electron chi connectivity index (χ0n) is 17.1. The molecule has 1 saturated heterocycles. The molecule has 8 nitrogen and oxygen atoms in total. The summed E-state index contributed by atoms with van der Waals surface area (Å²) in [5.74, 6) is 1.11. The van der Waals surface area contributed by atoms with Crippen molar-refractivity contribution in [1.29, 1.82) is 0 Å². The first-order valence-corrected chi connectivity index (χ1v) is 10.6. The van der Waals surface area contributed by atoms with E-state index < -0.39 is 0 Å². The largest absolute Gasteiger partial charge is 0.363 e. The molecular formula is C21H24ClN7O. The Bertz CT molecular complexity index is 1110. The van der Waals surface area contributed by atoms with Gasteiger partial charge in [0.1, 0.15) is 22.9 Å². The predicted molar refractivity (Wildman–Crippen MR) is 117 cm³/mol. The van der Waals surface area contributed by atoms with Gasteiger partial charge in [-0.25, -0.2) is 15.0 Å². The normalized spacial score (nSPS) is 19.3. The maximum absolute atomic E-state index is 11.7. The fourth-order valence-corrected chi connectivity index (χ4v) is 4.74. The SMILES string of the molecule is CC(=O)N1CCN(c2ncnc3c2CN(c2cc(Cl)nc4[nH]ccc24)[C@H](C)C3)CC1. The van der Waals surface area contributed by atoms with Crippen LogP contribution in [0.2, 0.25) is 5.15 Å². The lowest BCUT2D eigenvalue weighted by Crippen LogP contribution is -2.49. The minimum atomic E-state index is 0.129. The van der Waals surface area contributed by atoms with Gasteiger partial charge in [0.25, 0.3) is 0 Å². The van der Waals surface area contributed by atoms with Crippen LogP contribution in [0.4, 0.5) is 11.5 Å².